The molecular weight excluding hydrogens is 206 g/mol. The van der Waals surface area contributed by atoms with Gasteiger partial charge in [0.1, 0.15) is 4.99 Å². The second-order valence-electron chi connectivity index (χ2n) is 3.93. The van der Waals surface area contributed by atoms with Gasteiger partial charge in [0, 0.05) is 5.56 Å². The van der Waals surface area contributed by atoms with Crippen molar-refractivity contribution in [1.82, 2.24) is 0 Å². The largest absolute Gasteiger partial charge is 0.389 e. The summed E-state index contributed by atoms with van der Waals surface area (Å²) in [5, 5.41) is 0. The standard InChI is InChI=1S/C12H15NOS/c13-12(15)10-6-4-9(5-7-10)8-14-11-2-1-3-11/h4-7,11H,1-3,8H2,(H2,13,15). The number of benzene rings is 1. The van der Waals surface area contributed by atoms with Gasteiger partial charge in [-0.25, -0.2) is 0 Å². The summed E-state index contributed by atoms with van der Waals surface area (Å²) >= 11 is 4.89. The topological polar surface area (TPSA) is 35.2 Å². The zero-order chi connectivity index (χ0) is 10.7. The third-order valence-corrected chi connectivity index (χ3v) is 3.01. The molecule has 15 heavy (non-hydrogen) atoms. The first-order chi connectivity index (χ1) is 7.25. The Kier molecular flexibility index (Phi) is 3.34. The van der Waals surface area contributed by atoms with Crippen LogP contribution in [0.15, 0.2) is 24.3 Å². The summed E-state index contributed by atoms with van der Waals surface area (Å²) in [7, 11) is 0. The van der Waals surface area contributed by atoms with Crippen LogP contribution in [-0.4, -0.2) is 11.1 Å². The molecule has 0 amide bonds. The van der Waals surface area contributed by atoms with E-state index < -0.39 is 0 Å². The minimum absolute atomic E-state index is 0.446. The van der Waals surface area contributed by atoms with Crippen LogP contribution >= 0.6 is 12.2 Å². The summed E-state index contributed by atoms with van der Waals surface area (Å²) in [6.07, 6.45) is 4.22. The van der Waals surface area contributed by atoms with E-state index in [2.05, 4.69) is 0 Å². The Hall–Kier alpha value is -0.930. The van der Waals surface area contributed by atoms with E-state index in [9.17, 15) is 0 Å². The average molecular weight is 221 g/mol. The Bertz CT molecular complexity index is 343. The van der Waals surface area contributed by atoms with Crippen LogP contribution in [-0.2, 0) is 11.3 Å². The Labute approximate surface area is 95.4 Å². The maximum atomic E-state index is 5.70. The minimum Gasteiger partial charge on any atom is -0.389 e. The molecule has 1 aromatic carbocycles. The number of nitrogens with two attached hydrogens (primary N) is 1. The van der Waals surface area contributed by atoms with E-state index in [1.165, 1.54) is 24.8 Å². The van der Waals surface area contributed by atoms with Crippen molar-refractivity contribution in [3.05, 3.63) is 35.4 Å². The van der Waals surface area contributed by atoms with Crippen LogP contribution in [0.2, 0.25) is 0 Å². The first-order valence-corrected chi connectivity index (χ1v) is 5.67. The van der Waals surface area contributed by atoms with Crippen LogP contribution in [0.5, 0.6) is 0 Å². The molecule has 80 valence electrons. The molecule has 0 aromatic heterocycles. The van der Waals surface area contributed by atoms with Crippen LogP contribution in [0.4, 0.5) is 0 Å². The fraction of sp³-hybridized carbons (Fsp3) is 0.417. The van der Waals surface area contributed by atoms with Crippen LogP contribution in [0, 0.1) is 0 Å². The quantitative estimate of drug-likeness (QED) is 0.793. The van der Waals surface area contributed by atoms with Gasteiger partial charge in [-0.1, -0.05) is 36.5 Å². The van der Waals surface area contributed by atoms with Crippen LogP contribution < -0.4 is 5.73 Å². The minimum atomic E-state index is 0.446. The normalized spacial score (nSPS) is 16.0. The molecule has 2 nitrogen and oxygen atoms in total. The Balaban J connectivity index is 1.88. The number of hydrogen-bond acceptors (Lipinski definition) is 2. The second-order valence-corrected chi connectivity index (χ2v) is 4.36. The van der Waals surface area contributed by atoms with E-state index in [0.29, 0.717) is 17.7 Å². The highest BCUT2D eigenvalue weighted by Crippen LogP contribution is 2.23. The van der Waals surface area contributed by atoms with Gasteiger partial charge >= 0.3 is 0 Å². The molecule has 1 aromatic rings. The van der Waals surface area contributed by atoms with Crippen LogP contribution in [0.25, 0.3) is 0 Å². The summed E-state index contributed by atoms with van der Waals surface area (Å²) in [5.41, 5.74) is 7.61. The Morgan fingerprint density at radius 1 is 1.33 bits per heavy atom. The fourth-order valence-corrected chi connectivity index (χ4v) is 1.65. The predicted octanol–water partition coefficient (Wildman–Crippen LogP) is 2.39. The van der Waals surface area contributed by atoms with Gasteiger partial charge < -0.3 is 10.5 Å². The molecule has 1 aliphatic carbocycles. The van der Waals surface area contributed by atoms with Crippen molar-refractivity contribution in [2.75, 3.05) is 0 Å². The van der Waals surface area contributed by atoms with Crippen molar-refractivity contribution in [3.8, 4) is 0 Å². The lowest BCUT2D eigenvalue weighted by Gasteiger charge is -2.25. The van der Waals surface area contributed by atoms with Crippen molar-refractivity contribution < 1.29 is 4.74 Å². The maximum Gasteiger partial charge on any atom is 0.103 e. The molecule has 2 rings (SSSR count). The smallest absolute Gasteiger partial charge is 0.103 e. The van der Waals surface area contributed by atoms with E-state index in [0.717, 1.165) is 5.56 Å². The highest BCUT2D eigenvalue weighted by Gasteiger charge is 2.17. The monoisotopic (exact) mass is 221 g/mol. The van der Waals surface area contributed by atoms with Gasteiger partial charge in [-0.05, 0) is 24.8 Å². The molecular formula is C12H15NOS. The zero-order valence-corrected chi connectivity index (χ0v) is 9.43. The van der Waals surface area contributed by atoms with Gasteiger partial charge in [0.15, 0.2) is 0 Å². The van der Waals surface area contributed by atoms with Gasteiger partial charge in [-0.2, -0.15) is 0 Å². The van der Waals surface area contributed by atoms with Crippen molar-refractivity contribution >= 4 is 17.2 Å². The van der Waals surface area contributed by atoms with E-state index >= 15 is 0 Å². The first kappa shape index (κ1) is 10.6. The summed E-state index contributed by atoms with van der Waals surface area (Å²) in [5.74, 6) is 0. The third-order valence-electron chi connectivity index (χ3n) is 2.78. The van der Waals surface area contributed by atoms with E-state index in [-0.39, 0.29) is 0 Å². The van der Waals surface area contributed by atoms with E-state index in [1.807, 2.05) is 24.3 Å². The molecule has 1 aliphatic rings. The number of rotatable bonds is 4. The average Bonchev–Trinajstić information content (AvgIpc) is 2.16. The molecule has 2 N–H and O–H groups in total. The molecule has 0 bridgehead atoms. The highest BCUT2D eigenvalue weighted by molar-refractivity contribution is 7.80. The van der Waals surface area contributed by atoms with Crippen LogP contribution in [0.3, 0.4) is 0 Å². The molecule has 0 spiro atoms. The number of hydrogen-bond donors (Lipinski definition) is 1. The van der Waals surface area contributed by atoms with Gasteiger partial charge in [0.25, 0.3) is 0 Å². The van der Waals surface area contributed by atoms with Gasteiger partial charge in [-0.15, -0.1) is 0 Å². The molecule has 3 heteroatoms. The van der Waals surface area contributed by atoms with Crippen molar-refractivity contribution in [2.45, 2.75) is 32.0 Å². The first-order valence-electron chi connectivity index (χ1n) is 5.26. The van der Waals surface area contributed by atoms with Crippen molar-refractivity contribution in [1.29, 1.82) is 0 Å². The van der Waals surface area contributed by atoms with Gasteiger partial charge in [-0.3, -0.25) is 0 Å². The fourth-order valence-electron chi connectivity index (χ4n) is 1.52. The molecule has 1 fully saturated rings. The molecule has 0 atom stereocenters. The Morgan fingerprint density at radius 2 is 2.00 bits per heavy atom. The lowest BCUT2D eigenvalue weighted by molar-refractivity contribution is -0.00866. The zero-order valence-electron chi connectivity index (χ0n) is 8.61. The molecule has 0 unspecified atom stereocenters. The van der Waals surface area contributed by atoms with Crippen LogP contribution in [0.1, 0.15) is 30.4 Å². The highest BCUT2D eigenvalue weighted by atomic mass is 32.1. The lowest BCUT2D eigenvalue weighted by Crippen LogP contribution is -2.21. The van der Waals surface area contributed by atoms with Gasteiger partial charge in [0.2, 0.25) is 0 Å². The summed E-state index contributed by atoms with van der Waals surface area (Å²) in [4.78, 5) is 0.446. The second kappa shape index (κ2) is 4.73. The number of thiocarbonyl (C=S) groups is 1. The van der Waals surface area contributed by atoms with Crippen molar-refractivity contribution in [3.63, 3.8) is 0 Å². The summed E-state index contributed by atoms with van der Waals surface area (Å²) in [6, 6.07) is 7.93. The molecule has 1 saturated carbocycles. The number of ether oxygens (including phenoxy) is 1. The third kappa shape index (κ3) is 2.76. The van der Waals surface area contributed by atoms with Gasteiger partial charge in [0.05, 0.1) is 12.7 Å². The lowest BCUT2D eigenvalue weighted by atomic mass is 9.96. The molecule has 0 radical (unpaired) electrons. The summed E-state index contributed by atoms with van der Waals surface area (Å²) < 4.78 is 5.70. The maximum absolute atomic E-state index is 5.70. The predicted molar refractivity (Wildman–Crippen MR) is 64.8 cm³/mol. The molecule has 0 saturated heterocycles. The van der Waals surface area contributed by atoms with E-state index in [4.69, 9.17) is 22.7 Å². The summed E-state index contributed by atoms with van der Waals surface area (Å²) in [6.45, 7) is 0.697. The van der Waals surface area contributed by atoms with E-state index in [1.54, 1.807) is 0 Å². The van der Waals surface area contributed by atoms with Crippen molar-refractivity contribution in [2.24, 2.45) is 5.73 Å². The Morgan fingerprint density at radius 3 is 2.47 bits per heavy atom. The SMILES string of the molecule is NC(=S)c1ccc(COC2CCC2)cc1. The molecule has 0 aliphatic heterocycles. The molecule has 0 heterocycles.